The summed E-state index contributed by atoms with van der Waals surface area (Å²) in [5.41, 5.74) is 3.85. The molecule has 0 aliphatic rings. The predicted molar refractivity (Wildman–Crippen MR) is 85.6 cm³/mol. The monoisotopic (exact) mass is 352 g/mol. The summed E-state index contributed by atoms with van der Waals surface area (Å²) in [5.74, 6) is 0.300. The number of benzene rings is 1. The number of carbonyl (C=O) groups is 1. The molecule has 0 aliphatic carbocycles. The van der Waals surface area contributed by atoms with E-state index in [0.29, 0.717) is 16.4 Å². The normalized spacial score (nSPS) is 10.4. The molecule has 0 unspecified atom stereocenters. The molecule has 0 spiro atoms. The molecule has 1 amide bonds. The first-order chi connectivity index (χ1) is 9.40. The van der Waals surface area contributed by atoms with Crippen LogP contribution in [-0.4, -0.2) is 10.9 Å². The Hall–Kier alpha value is -1.39. The van der Waals surface area contributed by atoms with Gasteiger partial charge in [-0.2, -0.15) is 0 Å². The van der Waals surface area contributed by atoms with Crippen molar-refractivity contribution in [3.8, 4) is 0 Å². The lowest BCUT2D eigenvalue weighted by Crippen LogP contribution is -2.15. The van der Waals surface area contributed by atoms with E-state index in [1.807, 2.05) is 26.8 Å². The van der Waals surface area contributed by atoms with Gasteiger partial charge in [-0.15, -0.1) is 0 Å². The van der Waals surface area contributed by atoms with Gasteiger partial charge in [0.1, 0.15) is 5.82 Å². The maximum absolute atomic E-state index is 12.3. The molecule has 1 N–H and O–H groups in total. The molecule has 3 nitrogen and oxygen atoms in total. The Kier molecular flexibility index (Phi) is 4.45. The largest absolute Gasteiger partial charge is 0.307 e. The fourth-order valence-electron chi connectivity index (χ4n) is 1.87. The van der Waals surface area contributed by atoms with Gasteiger partial charge in [0.25, 0.3) is 5.91 Å². The number of pyridine rings is 1. The highest BCUT2D eigenvalue weighted by atomic mass is 79.9. The summed E-state index contributed by atoms with van der Waals surface area (Å²) in [6, 6.07) is 5.20. The minimum absolute atomic E-state index is 0.180. The molecule has 0 saturated heterocycles. The fraction of sp³-hybridized carbons (Fsp3) is 0.200. The molecule has 0 bridgehead atoms. The van der Waals surface area contributed by atoms with Gasteiger partial charge >= 0.3 is 0 Å². The van der Waals surface area contributed by atoms with Crippen molar-refractivity contribution < 1.29 is 4.79 Å². The van der Waals surface area contributed by atoms with Crippen LogP contribution in [0, 0.1) is 20.8 Å². The highest BCUT2D eigenvalue weighted by molar-refractivity contribution is 9.10. The van der Waals surface area contributed by atoms with Gasteiger partial charge in [0.15, 0.2) is 0 Å². The molecule has 2 aromatic rings. The van der Waals surface area contributed by atoms with Crippen molar-refractivity contribution in [1.29, 1.82) is 0 Å². The van der Waals surface area contributed by atoms with Gasteiger partial charge in [0, 0.05) is 16.2 Å². The number of anilines is 1. The maximum Gasteiger partial charge on any atom is 0.257 e. The number of rotatable bonds is 2. The van der Waals surface area contributed by atoms with Crippen LogP contribution in [0.1, 0.15) is 27.0 Å². The van der Waals surface area contributed by atoms with Crippen molar-refractivity contribution >= 4 is 39.3 Å². The zero-order chi connectivity index (χ0) is 14.9. The lowest BCUT2D eigenvalue weighted by molar-refractivity contribution is 0.102. The Bertz CT molecular complexity index is 669. The van der Waals surface area contributed by atoms with Gasteiger partial charge < -0.3 is 5.32 Å². The first-order valence-electron chi connectivity index (χ1n) is 6.09. The van der Waals surface area contributed by atoms with E-state index in [0.717, 1.165) is 21.2 Å². The Labute approximate surface area is 131 Å². The lowest BCUT2D eigenvalue weighted by Gasteiger charge is -2.13. The van der Waals surface area contributed by atoms with Crippen molar-refractivity contribution in [2.75, 3.05) is 5.32 Å². The zero-order valence-electron chi connectivity index (χ0n) is 11.4. The van der Waals surface area contributed by atoms with Crippen molar-refractivity contribution in [2.24, 2.45) is 0 Å². The molecule has 0 fully saturated rings. The first kappa shape index (κ1) is 15.0. The first-order valence-corrected chi connectivity index (χ1v) is 7.26. The molecule has 5 heteroatoms. The smallest absolute Gasteiger partial charge is 0.257 e. The van der Waals surface area contributed by atoms with E-state index < -0.39 is 0 Å². The van der Waals surface area contributed by atoms with E-state index in [1.165, 1.54) is 6.20 Å². The second-order valence-corrected chi connectivity index (χ2v) is 5.89. The quantitative estimate of drug-likeness (QED) is 0.852. The van der Waals surface area contributed by atoms with Crippen molar-refractivity contribution in [3.63, 3.8) is 0 Å². The van der Waals surface area contributed by atoms with Crippen molar-refractivity contribution in [1.82, 2.24) is 4.98 Å². The van der Waals surface area contributed by atoms with Gasteiger partial charge in [-0.3, -0.25) is 4.79 Å². The fourth-order valence-corrected chi connectivity index (χ4v) is 2.51. The van der Waals surface area contributed by atoms with E-state index in [2.05, 4.69) is 26.2 Å². The maximum atomic E-state index is 12.3. The summed E-state index contributed by atoms with van der Waals surface area (Å²) in [6.07, 6.45) is 1.50. The van der Waals surface area contributed by atoms with E-state index in [1.54, 1.807) is 12.1 Å². The molecule has 1 heterocycles. The minimum Gasteiger partial charge on any atom is -0.307 e. The highest BCUT2D eigenvalue weighted by Crippen LogP contribution is 2.26. The number of nitrogens with zero attached hydrogens (tertiary/aromatic N) is 1. The predicted octanol–water partition coefficient (Wildman–Crippen LogP) is 4.68. The zero-order valence-corrected chi connectivity index (χ0v) is 13.8. The molecule has 0 atom stereocenters. The molecular formula is C15H14BrClN2O. The molecule has 104 valence electrons. The third-order valence-corrected chi connectivity index (χ3v) is 4.42. The van der Waals surface area contributed by atoms with Crippen LogP contribution >= 0.6 is 27.5 Å². The van der Waals surface area contributed by atoms with Crippen LogP contribution in [0.3, 0.4) is 0 Å². The minimum atomic E-state index is -0.180. The van der Waals surface area contributed by atoms with Gasteiger partial charge in [-0.25, -0.2) is 4.98 Å². The van der Waals surface area contributed by atoms with Crippen LogP contribution in [0.4, 0.5) is 5.82 Å². The van der Waals surface area contributed by atoms with Crippen LogP contribution in [-0.2, 0) is 0 Å². The van der Waals surface area contributed by atoms with Crippen LogP contribution in [0.15, 0.2) is 28.9 Å². The second-order valence-electron chi connectivity index (χ2n) is 4.60. The topological polar surface area (TPSA) is 42.0 Å². The summed E-state index contributed by atoms with van der Waals surface area (Å²) in [7, 11) is 0. The third-order valence-electron chi connectivity index (χ3n) is 3.37. The summed E-state index contributed by atoms with van der Waals surface area (Å²) in [6.45, 7) is 5.97. The number of halogens is 2. The van der Waals surface area contributed by atoms with Crippen LogP contribution in [0.25, 0.3) is 0 Å². The number of carbonyl (C=O) groups excluding carboxylic acids is 1. The Morgan fingerprint density at radius 1 is 1.20 bits per heavy atom. The van der Waals surface area contributed by atoms with E-state index >= 15 is 0 Å². The molecule has 0 saturated carbocycles. The Balaban J connectivity index is 2.32. The number of hydrogen-bond donors (Lipinski definition) is 1. The Morgan fingerprint density at radius 3 is 2.50 bits per heavy atom. The van der Waals surface area contributed by atoms with Gasteiger partial charge in [-0.1, -0.05) is 27.5 Å². The molecule has 2 rings (SSSR count). The number of nitrogens with one attached hydrogen (secondary N) is 1. The summed E-state index contributed by atoms with van der Waals surface area (Å²) < 4.78 is 0.926. The summed E-state index contributed by atoms with van der Waals surface area (Å²) >= 11 is 9.25. The number of hydrogen-bond acceptors (Lipinski definition) is 2. The van der Waals surface area contributed by atoms with Crippen LogP contribution in [0.2, 0.25) is 5.02 Å². The molecule has 20 heavy (non-hydrogen) atoms. The van der Waals surface area contributed by atoms with E-state index in [4.69, 9.17) is 11.6 Å². The summed E-state index contributed by atoms with van der Waals surface area (Å²) in [4.78, 5) is 16.4. The van der Waals surface area contributed by atoms with Crippen molar-refractivity contribution in [2.45, 2.75) is 20.8 Å². The van der Waals surface area contributed by atoms with Gasteiger partial charge in [0.05, 0.1) is 5.02 Å². The van der Waals surface area contributed by atoms with E-state index in [9.17, 15) is 4.79 Å². The van der Waals surface area contributed by atoms with Gasteiger partial charge in [-0.05, 0) is 55.7 Å². The average molecular weight is 354 g/mol. The SMILES string of the molecule is Cc1c(Br)cc(C(=O)Nc2ccc(Cl)cn2)c(C)c1C. The highest BCUT2D eigenvalue weighted by Gasteiger charge is 2.14. The van der Waals surface area contributed by atoms with Crippen LogP contribution < -0.4 is 5.32 Å². The third kappa shape index (κ3) is 3.02. The standard InChI is InChI=1S/C15H14BrClN2O/c1-8-9(2)12(6-13(16)10(8)3)15(20)19-14-5-4-11(17)7-18-14/h4-7H,1-3H3,(H,18,19,20). The number of aromatic nitrogens is 1. The molecule has 0 radical (unpaired) electrons. The molecule has 1 aromatic heterocycles. The Morgan fingerprint density at radius 2 is 1.90 bits per heavy atom. The van der Waals surface area contributed by atoms with Gasteiger partial charge in [0.2, 0.25) is 0 Å². The number of amides is 1. The second kappa shape index (κ2) is 5.94. The molecular weight excluding hydrogens is 340 g/mol. The molecule has 1 aromatic carbocycles. The average Bonchev–Trinajstić information content (AvgIpc) is 2.43. The summed E-state index contributed by atoms with van der Waals surface area (Å²) in [5, 5.41) is 3.31. The van der Waals surface area contributed by atoms with E-state index in [-0.39, 0.29) is 5.91 Å². The van der Waals surface area contributed by atoms with Crippen LogP contribution in [0.5, 0.6) is 0 Å². The molecule has 0 aliphatic heterocycles. The lowest BCUT2D eigenvalue weighted by atomic mass is 9.98. The van der Waals surface area contributed by atoms with Crippen molar-refractivity contribution in [3.05, 3.63) is 56.1 Å².